The van der Waals surface area contributed by atoms with E-state index in [4.69, 9.17) is 4.74 Å². The summed E-state index contributed by atoms with van der Waals surface area (Å²) in [5.41, 5.74) is 0.948. The van der Waals surface area contributed by atoms with Gasteiger partial charge in [0.2, 0.25) is 0 Å². The minimum Gasteiger partial charge on any atom is -0.485 e. The molecule has 0 saturated carbocycles. The molecule has 5 heteroatoms. The van der Waals surface area contributed by atoms with Crippen molar-refractivity contribution in [2.75, 3.05) is 6.61 Å². The van der Waals surface area contributed by atoms with Crippen LogP contribution in [0.4, 0.5) is 5.69 Å². The van der Waals surface area contributed by atoms with Gasteiger partial charge in [-0.15, -0.1) is 0 Å². The second kappa shape index (κ2) is 5.97. The van der Waals surface area contributed by atoms with Gasteiger partial charge in [-0.05, 0) is 13.0 Å². The van der Waals surface area contributed by atoms with Crippen molar-refractivity contribution in [1.82, 2.24) is 0 Å². The Labute approximate surface area is 116 Å². The van der Waals surface area contributed by atoms with Crippen molar-refractivity contribution in [2.24, 2.45) is 0 Å². The molecule has 0 aromatic heterocycles. The Kier molecular flexibility index (Phi) is 4.10. The Morgan fingerprint density at radius 3 is 2.50 bits per heavy atom. The predicted molar refractivity (Wildman–Crippen MR) is 74.1 cm³/mol. The lowest BCUT2D eigenvalue weighted by Gasteiger charge is -2.08. The first kappa shape index (κ1) is 13.7. The van der Waals surface area contributed by atoms with Crippen LogP contribution in [0.25, 0.3) is 0 Å². The van der Waals surface area contributed by atoms with Gasteiger partial charge in [-0.2, -0.15) is 0 Å². The van der Waals surface area contributed by atoms with Crippen LogP contribution in [-0.2, 0) is 0 Å². The fraction of sp³-hybridized carbons (Fsp3) is 0.133. The number of ether oxygens (including phenoxy) is 1. The molecule has 0 aliphatic heterocycles. The van der Waals surface area contributed by atoms with Gasteiger partial charge in [-0.1, -0.05) is 36.4 Å². The summed E-state index contributed by atoms with van der Waals surface area (Å²) in [4.78, 5) is 22.2. The van der Waals surface area contributed by atoms with E-state index in [9.17, 15) is 14.9 Å². The lowest BCUT2D eigenvalue weighted by Crippen LogP contribution is -2.12. The summed E-state index contributed by atoms with van der Waals surface area (Å²) >= 11 is 0. The molecular weight excluding hydrogens is 258 g/mol. The Morgan fingerprint density at radius 2 is 1.85 bits per heavy atom. The molecule has 5 nitrogen and oxygen atoms in total. The number of carbonyl (C=O) groups excluding carboxylic acids is 1. The van der Waals surface area contributed by atoms with Crippen LogP contribution in [0.2, 0.25) is 0 Å². The van der Waals surface area contributed by atoms with Crippen LogP contribution < -0.4 is 4.74 Å². The van der Waals surface area contributed by atoms with Crippen LogP contribution >= 0.6 is 0 Å². The molecule has 0 atom stereocenters. The van der Waals surface area contributed by atoms with E-state index in [0.717, 1.165) is 0 Å². The van der Waals surface area contributed by atoms with E-state index in [2.05, 4.69) is 0 Å². The average Bonchev–Trinajstić information content (AvgIpc) is 2.46. The number of benzene rings is 2. The molecule has 0 unspecified atom stereocenters. The van der Waals surface area contributed by atoms with Gasteiger partial charge < -0.3 is 4.74 Å². The van der Waals surface area contributed by atoms with Gasteiger partial charge in [-0.3, -0.25) is 14.9 Å². The normalized spacial score (nSPS) is 10.1. The third kappa shape index (κ3) is 3.00. The third-order valence-electron chi connectivity index (χ3n) is 2.91. The van der Waals surface area contributed by atoms with Crippen molar-refractivity contribution in [2.45, 2.75) is 6.92 Å². The fourth-order valence-electron chi connectivity index (χ4n) is 1.81. The Morgan fingerprint density at radius 1 is 1.15 bits per heavy atom. The second-order valence-corrected chi connectivity index (χ2v) is 4.24. The van der Waals surface area contributed by atoms with Crippen molar-refractivity contribution in [3.05, 3.63) is 69.8 Å². The quantitative estimate of drug-likeness (QED) is 0.476. The highest BCUT2D eigenvalue weighted by Crippen LogP contribution is 2.27. The number of hydrogen-bond donors (Lipinski definition) is 0. The lowest BCUT2D eigenvalue weighted by atomic mass is 10.1. The molecule has 0 radical (unpaired) electrons. The first-order valence-corrected chi connectivity index (χ1v) is 6.04. The van der Waals surface area contributed by atoms with Crippen molar-refractivity contribution in [1.29, 1.82) is 0 Å². The summed E-state index contributed by atoms with van der Waals surface area (Å²) in [6.07, 6.45) is 0. The summed E-state index contributed by atoms with van der Waals surface area (Å²) in [7, 11) is 0. The van der Waals surface area contributed by atoms with E-state index in [1.807, 2.05) is 6.07 Å². The number of ketones is 1. The van der Waals surface area contributed by atoms with E-state index in [0.29, 0.717) is 16.9 Å². The summed E-state index contributed by atoms with van der Waals surface area (Å²) in [5.74, 6) is 0.181. The Balaban J connectivity index is 2.10. The Bertz CT molecular complexity index is 638. The number of Topliss-reactive ketones (excluding diaryl/α,β-unsaturated/α-hetero) is 1. The third-order valence-corrected chi connectivity index (χ3v) is 2.91. The maximum Gasteiger partial charge on any atom is 0.276 e. The highest BCUT2D eigenvalue weighted by molar-refractivity contribution is 5.97. The van der Waals surface area contributed by atoms with E-state index in [1.54, 1.807) is 37.3 Å². The van der Waals surface area contributed by atoms with Crippen LogP contribution in [0, 0.1) is 17.0 Å². The second-order valence-electron chi connectivity index (χ2n) is 4.24. The van der Waals surface area contributed by atoms with Crippen LogP contribution in [-0.4, -0.2) is 17.3 Å². The number of nitro groups is 1. The van der Waals surface area contributed by atoms with Gasteiger partial charge in [0.15, 0.2) is 12.4 Å². The Hall–Kier alpha value is -2.69. The average molecular weight is 271 g/mol. The molecule has 0 aliphatic carbocycles. The molecule has 0 saturated heterocycles. The molecule has 0 amide bonds. The SMILES string of the molecule is Cc1c(OCC(=O)c2ccccc2)cccc1[N+](=O)[O-]. The van der Waals surface area contributed by atoms with Crippen molar-refractivity contribution in [3.63, 3.8) is 0 Å². The van der Waals surface area contributed by atoms with E-state index in [-0.39, 0.29) is 18.1 Å². The molecule has 0 bridgehead atoms. The van der Waals surface area contributed by atoms with E-state index >= 15 is 0 Å². The van der Waals surface area contributed by atoms with Crippen LogP contribution in [0.3, 0.4) is 0 Å². The minimum atomic E-state index is -0.471. The van der Waals surface area contributed by atoms with Crippen molar-refractivity contribution in [3.8, 4) is 5.75 Å². The number of carbonyl (C=O) groups is 1. The van der Waals surface area contributed by atoms with Gasteiger partial charge in [-0.25, -0.2) is 0 Å². The fourth-order valence-corrected chi connectivity index (χ4v) is 1.81. The highest BCUT2D eigenvalue weighted by atomic mass is 16.6. The maximum atomic E-state index is 11.9. The topological polar surface area (TPSA) is 69.4 Å². The maximum absolute atomic E-state index is 11.9. The van der Waals surface area contributed by atoms with Crippen LogP contribution in [0.5, 0.6) is 5.75 Å². The van der Waals surface area contributed by atoms with Gasteiger partial charge in [0, 0.05) is 11.6 Å². The zero-order valence-corrected chi connectivity index (χ0v) is 10.9. The minimum absolute atomic E-state index is 0.0188. The first-order valence-electron chi connectivity index (χ1n) is 6.04. The largest absolute Gasteiger partial charge is 0.485 e. The predicted octanol–water partition coefficient (Wildman–Crippen LogP) is 3.16. The monoisotopic (exact) mass is 271 g/mol. The van der Waals surface area contributed by atoms with E-state index < -0.39 is 4.92 Å². The first-order chi connectivity index (χ1) is 9.59. The number of hydrogen-bond acceptors (Lipinski definition) is 4. The molecule has 0 spiro atoms. The molecule has 0 aliphatic rings. The smallest absolute Gasteiger partial charge is 0.276 e. The molecule has 2 aromatic carbocycles. The van der Waals surface area contributed by atoms with Gasteiger partial charge in [0.05, 0.1) is 10.5 Å². The van der Waals surface area contributed by atoms with Crippen molar-refractivity contribution < 1.29 is 14.5 Å². The molecule has 102 valence electrons. The molecule has 0 heterocycles. The molecule has 0 fully saturated rings. The lowest BCUT2D eigenvalue weighted by molar-refractivity contribution is -0.385. The van der Waals surface area contributed by atoms with Gasteiger partial charge in [0.25, 0.3) is 5.69 Å². The summed E-state index contributed by atoms with van der Waals surface area (Å²) in [6.45, 7) is 1.45. The number of rotatable bonds is 5. The molecule has 0 N–H and O–H groups in total. The summed E-state index contributed by atoms with van der Waals surface area (Å²) in [5, 5.41) is 10.8. The zero-order valence-electron chi connectivity index (χ0n) is 10.9. The van der Waals surface area contributed by atoms with E-state index in [1.165, 1.54) is 12.1 Å². The van der Waals surface area contributed by atoms with Crippen molar-refractivity contribution >= 4 is 11.5 Å². The molecule has 20 heavy (non-hydrogen) atoms. The van der Waals surface area contributed by atoms with Gasteiger partial charge in [0.1, 0.15) is 5.75 Å². The summed E-state index contributed by atoms with van der Waals surface area (Å²) < 4.78 is 5.39. The number of nitro benzene ring substituents is 1. The molecular formula is C15H13NO4. The van der Waals surface area contributed by atoms with Gasteiger partial charge >= 0.3 is 0 Å². The number of nitrogens with zero attached hydrogens (tertiary/aromatic N) is 1. The molecule has 2 aromatic rings. The molecule has 2 rings (SSSR count). The van der Waals surface area contributed by atoms with Crippen LogP contribution in [0.1, 0.15) is 15.9 Å². The zero-order chi connectivity index (χ0) is 14.5. The highest BCUT2D eigenvalue weighted by Gasteiger charge is 2.15. The standard InChI is InChI=1S/C15H13NO4/c1-11-13(16(18)19)8-5-9-15(11)20-10-14(17)12-6-3-2-4-7-12/h2-9H,10H2,1H3. The van der Waals surface area contributed by atoms with Crippen LogP contribution in [0.15, 0.2) is 48.5 Å². The summed E-state index contributed by atoms with van der Waals surface area (Å²) in [6, 6.07) is 13.3.